The summed E-state index contributed by atoms with van der Waals surface area (Å²) in [5, 5.41) is 0. The second-order valence-corrected chi connectivity index (χ2v) is 4.63. The predicted molar refractivity (Wildman–Crippen MR) is 62.3 cm³/mol. The van der Waals surface area contributed by atoms with Gasteiger partial charge in [-0.1, -0.05) is 26.3 Å². The second kappa shape index (κ2) is 4.94. The third-order valence-electron chi connectivity index (χ3n) is 2.27. The van der Waals surface area contributed by atoms with Gasteiger partial charge in [-0.25, -0.2) is 4.39 Å². The fourth-order valence-electron chi connectivity index (χ4n) is 1.21. The van der Waals surface area contributed by atoms with Crippen molar-refractivity contribution in [2.24, 2.45) is 5.92 Å². The zero-order chi connectivity index (χ0) is 9.84. The molecule has 1 rings (SSSR count). The molecule has 0 aliphatic rings. The third-order valence-corrected chi connectivity index (χ3v) is 3.14. The van der Waals surface area contributed by atoms with E-state index in [4.69, 9.17) is 0 Å². The monoisotopic (exact) mass is 292 g/mol. The van der Waals surface area contributed by atoms with Crippen LogP contribution in [0.1, 0.15) is 25.8 Å². The normalized spacial score (nSPS) is 12.9. The fraction of sp³-hybridized carbons (Fsp3) is 0.455. The summed E-state index contributed by atoms with van der Waals surface area (Å²) in [4.78, 5) is 0. The Balaban J connectivity index is 2.73. The molecular weight excluding hydrogens is 278 g/mol. The maximum absolute atomic E-state index is 13.1. The van der Waals surface area contributed by atoms with E-state index in [2.05, 4.69) is 13.8 Å². The molecule has 0 aromatic heterocycles. The molecule has 1 aromatic rings. The molecule has 0 radical (unpaired) electrons. The van der Waals surface area contributed by atoms with Crippen LogP contribution in [-0.4, -0.2) is 0 Å². The molecule has 0 saturated heterocycles. The molecule has 0 aliphatic carbocycles. The number of halogens is 2. The van der Waals surface area contributed by atoms with Gasteiger partial charge < -0.3 is 0 Å². The molecule has 0 bridgehead atoms. The van der Waals surface area contributed by atoms with Crippen molar-refractivity contribution in [2.45, 2.75) is 26.7 Å². The average Bonchev–Trinajstić information content (AvgIpc) is 2.11. The Hall–Kier alpha value is -0.120. The van der Waals surface area contributed by atoms with Crippen LogP contribution in [0, 0.1) is 15.3 Å². The number of benzene rings is 1. The first-order valence-corrected chi connectivity index (χ1v) is 5.65. The molecule has 0 aliphatic heterocycles. The molecule has 0 heterocycles. The Morgan fingerprint density at radius 3 is 2.69 bits per heavy atom. The minimum Gasteiger partial charge on any atom is -0.206 e. The van der Waals surface area contributed by atoms with Crippen LogP contribution in [0.3, 0.4) is 0 Å². The smallest absolute Gasteiger partial charge is 0.136 e. The van der Waals surface area contributed by atoms with Gasteiger partial charge in [-0.3, -0.25) is 0 Å². The molecule has 13 heavy (non-hydrogen) atoms. The quantitative estimate of drug-likeness (QED) is 0.738. The average molecular weight is 292 g/mol. The molecule has 1 atom stereocenters. The first-order chi connectivity index (χ1) is 6.13. The summed E-state index contributed by atoms with van der Waals surface area (Å²) < 4.78 is 13.8. The van der Waals surface area contributed by atoms with Crippen LogP contribution >= 0.6 is 22.6 Å². The molecule has 0 saturated carbocycles. The van der Waals surface area contributed by atoms with Crippen molar-refractivity contribution in [1.82, 2.24) is 0 Å². The highest BCUT2D eigenvalue weighted by Crippen LogP contribution is 2.16. The maximum Gasteiger partial charge on any atom is 0.136 e. The molecular formula is C11H14FI. The van der Waals surface area contributed by atoms with Crippen molar-refractivity contribution in [3.63, 3.8) is 0 Å². The Morgan fingerprint density at radius 2 is 2.15 bits per heavy atom. The number of rotatable bonds is 3. The molecule has 0 spiro atoms. The standard InChI is InChI=1S/C11H14FI/c1-3-8(2)6-9-4-5-11(13)10(12)7-9/h4-5,7-8H,3,6H2,1-2H3/t8-/m0/s1. The topological polar surface area (TPSA) is 0 Å². The van der Waals surface area contributed by atoms with Gasteiger partial charge in [0.25, 0.3) is 0 Å². The van der Waals surface area contributed by atoms with Crippen molar-refractivity contribution in [1.29, 1.82) is 0 Å². The summed E-state index contributed by atoms with van der Waals surface area (Å²) in [6.45, 7) is 4.35. The largest absolute Gasteiger partial charge is 0.206 e. The van der Waals surface area contributed by atoms with E-state index in [0.717, 1.165) is 18.4 Å². The van der Waals surface area contributed by atoms with Gasteiger partial charge in [-0.15, -0.1) is 0 Å². The lowest BCUT2D eigenvalue weighted by atomic mass is 9.99. The van der Waals surface area contributed by atoms with Gasteiger partial charge >= 0.3 is 0 Å². The molecule has 0 N–H and O–H groups in total. The SMILES string of the molecule is CC[C@H](C)Cc1ccc(I)c(F)c1. The van der Waals surface area contributed by atoms with Crippen LogP contribution in [0.25, 0.3) is 0 Å². The second-order valence-electron chi connectivity index (χ2n) is 3.47. The van der Waals surface area contributed by atoms with E-state index in [0.29, 0.717) is 9.49 Å². The highest BCUT2D eigenvalue weighted by Gasteiger charge is 2.04. The first kappa shape index (κ1) is 11.0. The van der Waals surface area contributed by atoms with Gasteiger partial charge in [-0.2, -0.15) is 0 Å². The van der Waals surface area contributed by atoms with Crippen LogP contribution in [0.5, 0.6) is 0 Å². The van der Waals surface area contributed by atoms with E-state index in [1.165, 1.54) is 0 Å². The fourth-order valence-corrected chi connectivity index (χ4v) is 1.55. The van der Waals surface area contributed by atoms with E-state index in [1.807, 2.05) is 34.7 Å². The molecule has 0 unspecified atom stereocenters. The van der Waals surface area contributed by atoms with E-state index in [9.17, 15) is 4.39 Å². The third kappa shape index (κ3) is 3.25. The Morgan fingerprint density at radius 1 is 1.46 bits per heavy atom. The van der Waals surface area contributed by atoms with Crippen LogP contribution in [0.2, 0.25) is 0 Å². The number of hydrogen-bond donors (Lipinski definition) is 0. The zero-order valence-electron chi connectivity index (χ0n) is 7.98. The summed E-state index contributed by atoms with van der Waals surface area (Å²) in [5.74, 6) is 0.542. The van der Waals surface area contributed by atoms with Gasteiger partial charge in [0.1, 0.15) is 5.82 Å². The van der Waals surface area contributed by atoms with E-state index < -0.39 is 0 Å². The van der Waals surface area contributed by atoms with Crippen LogP contribution < -0.4 is 0 Å². The Kier molecular flexibility index (Phi) is 4.16. The Labute approximate surface area is 92.7 Å². The predicted octanol–water partition coefficient (Wildman–Crippen LogP) is 4.02. The summed E-state index contributed by atoms with van der Waals surface area (Å²) in [7, 11) is 0. The molecule has 0 fully saturated rings. The lowest BCUT2D eigenvalue weighted by Crippen LogP contribution is -1.98. The minimum absolute atomic E-state index is 0.0959. The lowest BCUT2D eigenvalue weighted by molar-refractivity contribution is 0.555. The zero-order valence-corrected chi connectivity index (χ0v) is 10.1. The van der Waals surface area contributed by atoms with Crippen LogP contribution in [0.15, 0.2) is 18.2 Å². The summed E-state index contributed by atoms with van der Waals surface area (Å²) >= 11 is 2.01. The molecule has 1 aromatic carbocycles. The Bertz CT molecular complexity index is 283. The van der Waals surface area contributed by atoms with Crippen molar-refractivity contribution in [2.75, 3.05) is 0 Å². The molecule has 0 amide bonds. The molecule has 0 nitrogen and oxygen atoms in total. The van der Waals surface area contributed by atoms with Crippen molar-refractivity contribution in [3.8, 4) is 0 Å². The van der Waals surface area contributed by atoms with Gasteiger partial charge in [0.2, 0.25) is 0 Å². The highest BCUT2D eigenvalue weighted by molar-refractivity contribution is 14.1. The first-order valence-electron chi connectivity index (χ1n) is 4.57. The highest BCUT2D eigenvalue weighted by atomic mass is 127. The van der Waals surface area contributed by atoms with E-state index in [-0.39, 0.29) is 5.82 Å². The minimum atomic E-state index is -0.0959. The molecule has 2 heteroatoms. The van der Waals surface area contributed by atoms with Crippen molar-refractivity contribution in [3.05, 3.63) is 33.1 Å². The summed E-state index contributed by atoms with van der Waals surface area (Å²) in [5.41, 5.74) is 1.10. The van der Waals surface area contributed by atoms with Crippen molar-refractivity contribution < 1.29 is 4.39 Å². The van der Waals surface area contributed by atoms with Gasteiger partial charge in [0, 0.05) is 3.57 Å². The van der Waals surface area contributed by atoms with Gasteiger partial charge in [0.05, 0.1) is 0 Å². The van der Waals surface area contributed by atoms with E-state index >= 15 is 0 Å². The lowest BCUT2D eigenvalue weighted by Gasteiger charge is -2.08. The van der Waals surface area contributed by atoms with Gasteiger partial charge in [0.15, 0.2) is 0 Å². The van der Waals surface area contributed by atoms with Crippen molar-refractivity contribution >= 4 is 22.6 Å². The molecule has 72 valence electrons. The van der Waals surface area contributed by atoms with Gasteiger partial charge in [-0.05, 0) is 52.6 Å². The number of hydrogen-bond acceptors (Lipinski definition) is 0. The van der Waals surface area contributed by atoms with Crippen LogP contribution in [0.4, 0.5) is 4.39 Å². The summed E-state index contributed by atoms with van der Waals surface area (Å²) in [6.07, 6.45) is 2.12. The van der Waals surface area contributed by atoms with Crippen LogP contribution in [-0.2, 0) is 6.42 Å². The summed E-state index contributed by atoms with van der Waals surface area (Å²) in [6, 6.07) is 5.50. The van der Waals surface area contributed by atoms with E-state index in [1.54, 1.807) is 6.07 Å². The maximum atomic E-state index is 13.1.